The van der Waals surface area contributed by atoms with Crippen LogP contribution in [0, 0.1) is 23.7 Å². The lowest BCUT2D eigenvalue weighted by Gasteiger charge is -2.41. The van der Waals surface area contributed by atoms with Crippen LogP contribution in [0.2, 0.25) is 0 Å². The van der Waals surface area contributed by atoms with E-state index in [-0.39, 0.29) is 61.7 Å². The van der Waals surface area contributed by atoms with Crippen molar-refractivity contribution >= 4 is 17.9 Å². The molecule has 2 aliphatic heterocycles. The molecule has 2 heterocycles. The summed E-state index contributed by atoms with van der Waals surface area (Å²) >= 11 is 0. The maximum Gasteiger partial charge on any atom is 0.332 e. The Bertz CT molecular complexity index is 530. The number of esters is 3. The number of hydrogen-bond donors (Lipinski definition) is 0. The van der Waals surface area contributed by atoms with Crippen LogP contribution in [0.5, 0.6) is 0 Å². The SMILES string of the molecule is CC(C)C(=O)OCCOC(=O)COC1C2CC3CC(C2)C(=O)OC1C3. The van der Waals surface area contributed by atoms with Crippen molar-refractivity contribution in [2.45, 2.75) is 51.7 Å². The summed E-state index contributed by atoms with van der Waals surface area (Å²) in [4.78, 5) is 35.1. The molecule has 4 aliphatic rings. The lowest BCUT2D eigenvalue weighted by Crippen LogP contribution is -2.45. The minimum atomic E-state index is -0.501. The van der Waals surface area contributed by atoms with Crippen LogP contribution in [-0.2, 0) is 33.3 Å². The molecule has 4 rings (SSSR count). The summed E-state index contributed by atoms with van der Waals surface area (Å²) < 4.78 is 21.3. The zero-order valence-electron chi connectivity index (χ0n) is 14.8. The van der Waals surface area contributed by atoms with E-state index in [0.29, 0.717) is 5.92 Å². The molecule has 0 radical (unpaired) electrons. The topological polar surface area (TPSA) is 88.1 Å². The second-order valence-corrected chi connectivity index (χ2v) is 7.56. The monoisotopic (exact) mass is 354 g/mol. The zero-order valence-corrected chi connectivity index (χ0v) is 14.8. The van der Waals surface area contributed by atoms with Crippen molar-refractivity contribution in [1.29, 1.82) is 0 Å². The average Bonchev–Trinajstić information content (AvgIpc) is 2.72. The second kappa shape index (κ2) is 7.72. The minimum absolute atomic E-state index is 0.00931. The highest BCUT2D eigenvalue weighted by Crippen LogP contribution is 2.48. The fourth-order valence-electron chi connectivity index (χ4n) is 4.18. The largest absolute Gasteiger partial charge is 0.462 e. The van der Waals surface area contributed by atoms with Gasteiger partial charge < -0.3 is 18.9 Å². The summed E-state index contributed by atoms with van der Waals surface area (Å²) in [5.41, 5.74) is 0. The standard InChI is InChI=1S/C18H26O7/c1-10(2)17(20)23-4-3-22-15(19)9-24-16-12-5-11-6-13(8-12)18(21)25-14(16)7-11/h10-14,16H,3-9H2,1-2H3. The first-order valence-corrected chi connectivity index (χ1v) is 9.08. The molecule has 2 aliphatic carbocycles. The molecule has 0 aromatic heterocycles. The van der Waals surface area contributed by atoms with Crippen molar-refractivity contribution in [2.75, 3.05) is 19.8 Å². The van der Waals surface area contributed by atoms with Gasteiger partial charge in [0.1, 0.15) is 25.9 Å². The van der Waals surface area contributed by atoms with Gasteiger partial charge in [-0.15, -0.1) is 0 Å². The van der Waals surface area contributed by atoms with Gasteiger partial charge in [-0.3, -0.25) is 9.59 Å². The quantitative estimate of drug-likeness (QED) is 0.389. The third-order valence-corrected chi connectivity index (χ3v) is 5.29. The molecule has 0 amide bonds. The molecule has 25 heavy (non-hydrogen) atoms. The smallest absolute Gasteiger partial charge is 0.332 e. The molecule has 0 aromatic carbocycles. The molecule has 7 nitrogen and oxygen atoms in total. The molecule has 4 fully saturated rings. The molecule has 0 aromatic rings. The van der Waals surface area contributed by atoms with E-state index in [1.807, 2.05) is 0 Å². The van der Waals surface area contributed by atoms with Crippen LogP contribution in [0.3, 0.4) is 0 Å². The van der Waals surface area contributed by atoms with Crippen molar-refractivity contribution < 1.29 is 33.3 Å². The van der Waals surface area contributed by atoms with Crippen molar-refractivity contribution in [3.63, 3.8) is 0 Å². The van der Waals surface area contributed by atoms with Crippen LogP contribution in [0.1, 0.15) is 39.5 Å². The predicted octanol–water partition coefficient (Wildman–Crippen LogP) is 1.48. The van der Waals surface area contributed by atoms with E-state index in [4.69, 9.17) is 18.9 Å². The van der Waals surface area contributed by atoms with E-state index in [1.54, 1.807) is 13.8 Å². The normalized spacial score (nSPS) is 33.1. The Balaban J connectivity index is 1.40. The van der Waals surface area contributed by atoms with Crippen LogP contribution in [0.25, 0.3) is 0 Å². The molecule has 0 N–H and O–H groups in total. The van der Waals surface area contributed by atoms with Gasteiger partial charge in [-0.1, -0.05) is 13.8 Å². The predicted molar refractivity (Wildman–Crippen MR) is 85.3 cm³/mol. The van der Waals surface area contributed by atoms with Gasteiger partial charge in [-0.05, 0) is 37.5 Å². The fourth-order valence-corrected chi connectivity index (χ4v) is 4.18. The highest BCUT2D eigenvalue weighted by Gasteiger charge is 2.50. The Kier molecular flexibility index (Phi) is 5.61. The Morgan fingerprint density at radius 1 is 1.12 bits per heavy atom. The van der Waals surface area contributed by atoms with Gasteiger partial charge >= 0.3 is 17.9 Å². The summed E-state index contributed by atoms with van der Waals surface area (Å²) in [5.74, 6) is -0.347. The van der Waals surface area contributed by atoms with E-state index in [0.717, 1.165) is 25.7 Å². The number of rotatable bonds is 7. The highest BCUT2D eigenvalue weighted by molar-refractivity contribution is 5.74. The van der Waals surface area contributed by atoms with Gasteiger partial charge in [0.2, 0.25) is 0 Å². The third-order valence-electron chi connectivity index (χ3n) is 5.29. The van der Waals surface area contributed by atoms with E-state index in [2.05, 4.69) is 0 Å². The molecule has 5 atom stereocenters. The first-order chi connectivity index (χ1) is 11.9. The summed E-state index contributed by atoms with van der Waals surface area (Å²) in [7, 11) is 0. The van der Waals surface area contributed by atoms with E-state index >= 15 is 0 Å². The van der Waals surface area contributed by atoms with Crippen LogP contribution in [-0.4, -0.2) is 49.9 Å². The molecule has 7 heteroatoms. The Morgan fingerprint density at radius 3 is 2.64 bits per heavy atom. The summed E-state index contributed by atoms with van der Waals surface area (Å²) in [5, 5.41) is 0. The maximum absolute atomic E-state index is 12.0. The lowest BCUT2D eigenvalue weighted by molar-refractivity contribution is -0.169. The first kappa shape index (κ1) is 18.2. The second-order valence-electron chi connectivity index (χ2n) is 7.56. The Morgan fingerprint density at radius 2 is 1.88 bits per heavy atom. The summed E-state index contributed by atoms with van der Waals surface area (Å²) in [6.07, 6.45) is 3.10. The van der Waals surface area contributed by atoms with Crippen molar-refractivity contribution in [3.05, 3.63) is 0 Å². The van der Waals surface area contributed by atoms with E-state index < -0.39 is 5.97 Å². The zero-order chi connectivity index (χ0) is 18.0. The van der Waals surface area contributed by atoms with Crippen molar-refractivity contribution in [2.24, 2.45) is 23.7 Å². The van der Waals surface area contributed by atoms with Gasteiger partial charge in [0.25, 0.3) is 0 Å². The number of carbonyl (C=O) groups is 3. The van der Waals surface area contributed by atoms with Crippen LogP contribution >= 0.6 is 0 Å². The van der Waals surface area contributed by atoms with Crippen molar-refractivity contribution in [3.8, 4) is 0 Å². The van der Waals surface area contributed by atoms with Gasteiger partial charge in [-0.2, -0.15) is 0 Å². The number of hydrogen-bond acceptors (Lipinski definition) is 7. The molecule has 2 saturated carbocycles. The van der Waals surface area contributed by atoms with Gasteiger partial charge in [0.05, 0.1) is 17.9 Å². The molecule has 0 spiro atoms. The fraction of sp³-hybridized carbons (Fsp3) is 0.833. The molecule has 5 unspecified atom stereocenters. The number of fused-ring (bicyclic) bond motifs is 1. The Labute approximate surface area is 147 Å². The van der Waals surface area contributed by atoms with Gasteiger partial charge in [-0.25, -0.2) is 4.79 Å². The van der Waals surface area contributed by atoms with E-state index in [1.165, 1.54) is 0 Å². The number of ether oxygens (including phenoxy) is 4. The van der Waals surface area contributed by atoms with Gasteiger partial charge in [0.15, 0.2) is 0 Å². The van der Waals surface area contributed by atoms with Crippen LogP contribution < -0.4 is 0 Å². The molecule has 140 valence electrons. The summed E-state index contributed by atoms with van der Waals surface area (Å²) in [6.45, 7) is 3.35. The van der Waals surface area contributed by atoms with E-state index in [9.17, 15) is 14.4 Å². The highest BCUT2D eigenvalue weighted by atomic mass is 16.6. The van der Waals surface area contributed by atoms with Gasteiger partial charge in [0, 0.05) is 0 Å². The Hall–Kier alpha value is -1.63. The third kappa shape index (κ3) is 4.32. The first-order valence-electron chi connectivity index (χ1n) is 9.08. The number of carbonyl (C=O) groups excluding carboxylic acids is 3. The molecule has 4 bridgehead atoms. The average molecular weight is 354 g/mol. The van der Waals surface area contributed by atoms with Crippen LogP contribution in [0.15, 0.2) is 0 Å². The molecule has 2 saturated heterocycles. The van der Waals surface area contributed by atoms with Crippen LogP contribution in [0.4, 0.5) is 0 Å². The lowest BCUT2D eigenvalue weighted by atomic mass is 9.67. The maximum atomic E-state index is 12.0. The molecular formula is C18H26O7. The minimum Gasteiger partial charge on any atom is -0.462 e. The molecular weight excluding hydrogens is 328 g/mol. The van der Waals surface area contributed by atoms with Crippen molar-refractivity contribution in [1.82, 2.24) is 0 Å². The summed E-state index contributed by atoms with van der Waals surface area (Å²) in [6, 6.07) is 0.